The van der Waals surface area contributed by atoms with E-state index in [1.807, 2.05) is 6.92 Å². The van der Waals surface area contributed by atoms with Crippen molar-refractivity contribution in [2.75, 3.05) is 6.54 Å². The average Bonchev–Trinajstić information content (AvgIpc) is 2.84. The molecule has 2 atom stereocenters. The maximum absolute atomic E-state index is 12.9. The fourth-order valence-corrected chi connectivity index (χ4v) is 3.29. The van der Waals surface area contributed by atoms with E-state index in [1.54, 1.807) is 18.2 Å². The van der Waals surface area contributed by atoms with E-state index < -0.39 is 23.8 Å². The van der Waals surface area contributed by atoms with Crippen LogP contribution in [0.2, 0.25) is 0 Å². The van der Waals surface area contributed by atoms with Crippen LogP contribution >= 0.6 is 0 Å². The molecule has 26 heavy (non-hydrogen) atoms. The minimum absolute atomic E-state index is 0.0789. The van der Waals surface area contributed by atoms with Gasteiger partial charge in [0.15, 0.2) is 0 Å². The molecule has 0 radical (unpaired) electrons. The van der Waals surface area contributed by atoms with Crippen molar-refractivity contribution < 1.29 is 19.2 Å². The molecule has 8 heteroatoms. The lowest BCUT2D eigenvalue weighted by Crippen LogP contribution is -2.54. The molecule has 2 aliphatic rings. The van der Waals surface area contributed by atoms with Crippen LogP contribution in [0.15, 0.2) is 18.2 Å². The van der Waals surface area contributed by atoms with Crippen LogP contribution in [0.1, 0.15) is 52.5 Å². The Morgan fingerprint density at radius 3 is 2.73 bits per heavy atom. The summed E-state index contributed by atoms with van der Waals surface area (Å²) < 4.78 is 0. The average molecular weight is 358 g/mol. The molecule has 2 heterocycles. The van der Waals surface area contributed by atoms with Gasteiger partial charge in [0.05, 0.1) is 11.1 Å². The predicted octanol–water partition coefficient (Wildman–Crippen LogP) is -0.0853. The zero-order valence-electron chi connectivity index (χ0n) is 14.6. The van der Waals surface area contributed by atoms with Crippen LogP contribution in [-0.4, -0.2) is 47.2 Å². The number of piperidine rings is 1. The molecular formula is C18H22N4O4. The fraction of sp³-hybridized carbons (Fsp3) is 0.444. The number of nitrogens with one attached hydrogen (secondary N) is 2. The zero-order chi connectivity index (χ0) is 18.8. The van der Waals surface area contributed by atoms with Gasteiger partial charge in [-0.1, -0.05) is 12.1 Å². The van der Waals surface area contributed by atoms with Crippen LogP contribution in [0, 0.1) is 0 Å². The Hall–Kier alpha value is -2.58. The first-order valence-electron chi connectivity index (χ1n) is 8.70. The quantitative estimate of drug-likeness (QED) is 0.483. The first kappa shape index (κ1) is 18.2. The largest absolute Gasteiger partial charge is 0.328 e. The van der Waals surface area contributed by atoms with E-state index in [0.717, 1.165) is 11.3 Å². The summed E-state index contributed by atoms with van der Waals surface area (Å²) in [5, 5.41) is 5.41. The highest BCUT2D eigenvalue weighted by molar-refractivity contribution is 6.24. The van der Waals surface area contributed by atoms with Crippen LogP contribution in [0.3, 0.4) is 0 Å². The number of nitrogens with two attached hydrogens (primary N) is 1. The molecular weight excluding hydrogens is 336 g/mol. The number of imide groups is 2. The lowest BCUT2D eigenvalue weighted by Gasteiger charge is -2.27. The highest BCUT2D eigenvalue weighted by Gasteiger charge is 2.45. The molecule has 8 nitrogen and oxygen atoms in total. The Morgan fingerprint density at radius 1 is 1.27 bits per heavy atom. The molecule has 2 aliphatic heterocycles. The summed E-state index contributed by atoms with van der Waals surface area (Å²) in [4.78, 5) is 50.0. The van der Waals surface area contributed by atoms with Crippen LogP contribution in [-0.2, 0) is 16.1 Å². The zero-order valence-corrected chi connectivity index (χ0v) is 14.6. The van der Waals surface area contributed by atoms with Gasteiger partial charge in [-0.15, -0.1) is 0 Å². The molecule has 1 aromatic carbocycles. The van der Waals surface area contributed by atoms with Gasteiger partial charge < -0.3 is 11.1 Å². The van der Waals surface area contributed by atoms with Crippen molar-refractivity contribution in [3.63, 3.8) is 0 Å². The molecule has 3 rings (SSSR count). The number of hydrogen-bond donors (Lipinski definition) is 3. The minimum Gasteiger partial charge on any atom is -0.328 e. The second-order valence-electron chi connectivity index (χ2n) is 6.73. The number of benzene rings is 1. The van der Waals surface area contributed by atoms with Crippen molar-refractivity contribution in [2.45, 2.75) is 44.8 Å². The molecule has 0 spiro atoms. The van der Waals surface area contributed by atoms with Crippen molar-refractivity contribution in [3.05, 3.63) is 34.9 Å². The summed E-state index contributed by atoms with van der Waals surface area (Å²) in [6.45, 7) is 3.04. The molecule has 2 unspecified atom stereocenters. The summed E-state index contributed by atoms with van der Waals surface area (Å²) in [5.74, 6) is -1.96. The third-order valence-electron chi connectivity index (χ3n) is 4.65. The topological polar surface area (TPSA) is 122 Å². The monoisotopic (exact) mass is 358 g/mol. The third kappa shape index (κ3) is 3.38. The van der Waals surface area contributed by atoms with E-state index in [9.17, 15) is 19.2 Å². The molecule has 1 saturated heterocycles. The van der Waals surface area contributed by atoms with Gasteiger partial charge in [0, 0.05) is 19.0 Å². The van der Waals surface area contributed by atoms with Gasteiger partial charge in [-0.25, -0.2) is 0 Å². The summed E-state index contributed by atoms with van der Waals surface area (Å²) in [6.07, 6.45) is 1.05. The standard InChI is InChI=1S/C18H22N4O4/c1-10(19)7-8-20-9-11-3-2-4-12-15(11)18(26)22(17(12)25)13-5-6-14(23)21-16(13)24/h2-4,10,13,20H,5-9,19H2,1H3,(H,21,23,24). The number of carbonyl (C=O) groups is 4. The molecule has 4 N–H and O–H groups in total. The van der Waals surface area contributed by atoms with Gasteiger partial charge in [-0.3, -0.25) is 29.4 Å². The molecule has 4 amide bonds. The first-order chi connectivity index (χ1) is 12.4. The van der Waals surface area contributed by atoms with Crippen molar-refractivity contribution in [2.24, 2.45) is 5.73 Å². The molecule has 0 aromatic heterocycles. The maximum Gasteiger partial charge on any atom is 0.262 e. The summed E-state index contributed by atoms with van der Waals surface area (Å²) >= 11 is 0. The van der Waals surface area contributed by atoms with Crippen LogP contribution < -0.4 is 16.4 Å². The van der Waals surface area contributed by atoms with Crippen molar-refractivity contribution in [1.29, 1.82) is 0 Å². The van der Waals surface area contributed by atoms with Gasteiger partial charge in [-0.2, -0.15) is 0 Å². The third-order valence-corrected chi connectivity index (χ3v) is 4.65. The van der Waals surface area contributed by atoms with Crippen molar-refractivity contribution >= 4 is 23.6 Å². The van der Waals surface area contributed by atoms with E-state index >= 15 is 0 Å². The first-order valence-corrected chi connectivity index (χ1v) is 8.70. The number of amides is 4. The number of nitrogens with zero attached hydrogens (tertiary/aromatic N) is 1. The number of fused-ring (bicyclic) bond motifs is 1. The van der Waals surface area contributed by atoms with E-state index in [1.165, 1.54) is 0 Å². The number of carbonyl (C=O) groups excluding carboxylic acids is 4. The van der Waals surface area contributed by atoms with E-state index in [-0.39, 0.29) is 24.8 Å². The highest BCUT2D eigenvalue weighted by atomic mass is 16.2. The van der Waals surface area contributed by atoms with E-state index in [4.69, 9.17) is 5.73 Å². The van der Waals surface area contributed by atoms with Crippen molar-refractivity contribution in [3.8, 4) is 0 Å². The molecule has 138 valence electrons. The predicted molar refractivity (Wildman–Crippen MR) is 93.1 cm³/mol. The smallest absolute Gasteiger partial charge is 0.262 e. The van der Waals surface area contributed by atoms with E-state index in [2.05, 4.69) is 10.6 Å². The van der Waals surface area contributed by atoms with Gasteiger partial charge >= 0.3 is 0 Å². The normalized spacial score (nSPS) is 21.0. The molecule has 0 saturated carbocycles. The second-order valence-corrected chi connectivity index (χ2v) is 6.73. The van der Waals surface area contributed by atoms with Crippen LogP contribution in [0.4, 0.5) is 0 Å². The maximum atomic E-state index is 12.9. The number of hydrogen-bond acceptors (Lipinski definition) is 6. The second kappa shape index (κ2) is 7.35. The number of rotatable bonds is 6. The van der Waals surface area contributed by atoms with Crippen molar-refractivity contribution in [1.82, 2.24) is 15.5 Å². The Bertz CT molecular complexity index is 774. The van der Waals surface area contributed by atoms with Gasteiger partial charge in [0.25, 0.3) is 11.8 Å². The lowest BCUT2D eigenvalue weighted by molar-refractivity contribution is -0.136. The van der Waals surface area contributed by atoms with E-state index in [0.29, 0.717) is 29.8 Å². The SMILES string of the molecule is CC(N)CCNCc1cccc2c1C(=O)N(C1CCC(=O)NC1=O)C2=O. The Labute approximate surface area is 151 Å². The molecule has 0 aliphatic carbocycles. The summed E-state index contributed by atoms with van der Waals surface area (Å²) in [5.41, 5.74) is 7.05. The van der Waals surface area contributed by atoms with Gasteiger partial charge in [0.2, 0.25) is 11.8 Å². The minimum atomic E-state index is -0.945. The Morgan fingerprint density at radius 2 is 2.04 bits per heavy atom. The molecule has 0 bridgehead atoms. The molecule has 1 fully saturated rings. The summed E-state index contributed by atoms with van der Waals surface area (Å²) in [7, 11) is 0. The van der Waals surface area contributed by atoms with Gasteiger partial charge in [0.1, 0.15) is 6.04 Å². The fourth-order valence-electron chi connectivity index (χ4n) is 3.29. The Kier molecular flexibility index (Phi) is 5.15. The summed E-state index contributed by atoms with van der Waals surface area (Å²) in [6, 6.07) is 4.24. The Balaban J connectivity index is 1.80. The van der Waals surface area contributed by atoms with Crippen LogP contribution in [0.25, 0.3) is 0 Å². The molecule has 1 aromatic rings. The van der Waals surface area contributed by atoms with Crippen LogP contribution in [0.5, 0.6) is 0 Å². The lowest BCUT2D eigenvalue weighted by atomic mass is 10.0. The van der Waals surface area contributed by atoms with Gasteiger partial charge in [-0.05, 0) is 37.9 Å². The highest BCUT2D eigenvalue weighted by Crippen LogP contribution is 2.29.